The molecule has 20 heavy (non-hydrogen) atoms. The van der Waals surface area contributed by atoms with Crippen LogP contribution in [-0.2, 0) is 4.79 Å². The SMILES string of the molecule is O=C(CN1C(=O)COc2ccccc21)c1ccc(Br)s1. The maximum Gasteiger partial charge on any atom is 0.265 e. The van der Waals surface area contributed by atoms with Gasteiger partial charge in [0.1, 0.15) is 5.75 Å². The second-order valence-corrected chi connectivity index (χ2v) is 6.73. The van der Waals surface area contributed by atoms with Gasteiger partial charge in [-0.3, -0.25) is 14.5 Å². The molecule has 0 fully saturated rings. The molecular formula is C14H10BrNO3S. The van der Waals surface area contributed by atoms with Gasteiger partial charge in [0.2, 0.25) is 0 Å². The first-order valence-corrected chi connectivity index (χ1v) is 7.57. The van der Waals surface area contributed by atoms with E-state index in [9.17, 15) is 9.59 Å². The molecule has 2 heterocycles. The van der Waals surface area contributed by atoms with Gasteiger partial charge in [0.05, 0.1) is 20.9 Å². The third-order valence-electron chi connectivity index (χ3n) is 2.96. The fourth-order valence-corrected chi connectivity index (χ4v) is 3.33. The van der Waals surface area contributed by atoms with E-state index in [1.165, 1.54) is 16.2 Å². The number of carbonyl (C=O) groups excluding carboxylic acids is 2. The summed E-state index contributed by atoms with van der Waals surface area (Å²) < 4.78 is 6.25. The second-order valence-electron chi connectivity index (χ2n) is 4.26. The van der Waals surface area contributed by atoms with Crippen LogP contribution in [0.4, 0.5) is 5.69 Å². The molecule has 1 aliphatic heterocycles. The minimum absolute atomic E-state index is 0.0293. The van der Waals surface area contributed by atoms with Crippen molar-refractivity contribution in [3.8, 4) is 5.75 Å². The third kappa shape index (κ3) is 2.48. The van der Waals surface area contributed by atoms with Crippen molar-refractivity contribution in [1.29, 1.82) is 0 Å². The van der Waals surface area contributed by atoms with Crippen molar-refractivity contribution < 1.29 is 14.3 Å². The molecule has 0 radical (unpaired) electrons. The van der Waals surface area contributed by atoms with E-state index in [4.69, 9.17) is 4.74 Å². The first-order valence-electron chi connectivity index (χ1n) is 5.96. The van der Waals surface area contributed by atoms with E-state index in [-0.39, 0.29) is 24.8 Å². The van der Waals surface area contributed by atoms with Crippen molar-refractivity contribution in [2.24, 2.45) is 0 Å². The van der Waals surface area contributed by atoms with Crippen molar-refractivity contribution in [3.63, 3.8) is 0 Å². The molecule has 1 aromatic heterocycles. The zero-order valence-electron chi connectivity index (χ0n) is 10.3. The normalized spacial score (nSPS) is 13.8. The average molecular weight is 352 g/mol. The van der Waals surface area contributed by atoms with E-state index < -0.39 is 0 Å². The summed E-state index contributed by atoms with van der Waals surface area (Å²) in [6.07, 6.45) is 0. The Morgan fingerprint density at radius 2 is 2.10 bits per heavy atom. The Hall–Kier alpha value is -1.66. The van der Waals surface area contributed by atoms with Crippen LogP contribution < -0.4 is 9.64 Å². The number of anilines is 1. The van der Waals surface area contributed by atoms with Gasteiger partial charge in [0.15, 0.2) is 12.4 Å². The standard InChI is InChI=1S/C14H10BrNO3S/c15-13-6-5-12(20-13)10(17)7-16-9-3-1-2-4-11(9)19-8-14(16)18/h1-6H,7-8H2. The molecule has 2 aromatic rings. The minimum atomic E-state index is -0.201. The number of thiophene rings is 1. The van der Waals surface area contributed by atoms with Gasteiger partial charge < -0.3 is 4.74 Å². The number of nitrogens with zero attached hydrogens (tertiary/aromatic N) is 1. The molecule has 1 amide bonds. The molecule has 0 bridgehead atoms. The lowest BCUT2D eigenvalue weighted by atomic mass is 10.2. The summed E-state index contributed by atoms with van der Waals surface area (Å²) >= 11 is 4.69. The summed E-state index contributed by atoms with van der Waals surface area (Å²) in [5.74, 6) is 0.352. The molecule has 102 valence electrons. The van der Waals surface area contributed by atoms with Crippen molar-refractivity contribution in [2.75, 3.05) is 18.1 Å². The molecule has 0 unspecified atom stereocenters. The largest absolute Gasteiger partial charge is 0.482 e. The van der Waals surface area contributed by atoms with Gasteiger partial charge in [0.25, 0.3) is 5.91 Å². The van der Waals surface area contributed by atoms with Crippen LogP contribution in [0.1, 0.15) is 9.67 Å². The smallest absolute Gasteiger partial charge is 0.265 e. The number of ketones is 1. The highest BCUT2D eigenvalue weighted by molar-refractivity contribution is 9.11. The van der Waals surface area contributed by atoms with Gasteiger partial charge in [-0.05, 0) is 40.2 Å². The van der Waals surface area contributed by atoms with Crippen LogP contribution in [0.15, 0.2) is 40.2 Å². The van der Waals surface area contributed by atoms with Gasteiger partial charge in [-0.25, -0.2) is 0 Å². The van der Waals surface area contributed by atoms with Crippen LogP contribution in [0.3, 0.4) is 0 Å². The first kappa shape index (κ1) is 13.3. The molecule has 0 N–H and O–H groups in total. The van der Waals surface area contributed by atoms with Crippen LogP contribution in [0, 0.1) is 0 Å². The van der Waals surface area contributed by atoms with Crippen LogP contribution in [-0.4, -0.2) is 24.8 Å². The molecule has 4 nitrogen and oxygen atoms in total. The lowest BCUT2D eigenvalue weighted by Gasteiger charge is -2.28. The van der Waals surface area contributed by atoms with E-state index in [1.807, 2.05) is 18.2 Å². The Labute approximate surface area is 128 Å². The Morgan fingerprint density at radius 1 is 1.30 bits per heavy atom. The lowest BCUT2D eigenvalue weighted by Crippen LogP contribution is -2.41. The summed E-state index contributed by atoms with van der Waals surface area (Å²) in [5, 5.41) is 0. The number of benzene rings is 1. The minimum Gasteiger partial charge on any atom is -0.482 e. The molecule has 3 rings (SSSR count). The van der Waals surface area contributed by atoms with Crippen molar-refractivity contribution in [1.82, 2.24) is 0 Å². The van der Waals surface area contributed by atoms with Crippen molar-refractivity contribution in [2.45, 2.75) is 0 Å². The maximum absolute atomic E-state index is 12.2. The van der Waals surface area contributed by atoms with Crippen LogP contribution in [0.2, 0.25) is 0 Å². The first-order chi connectivity index (χ1) is 9.65. The van der Waals surface area contributed by atoms with Gasteiger partial charge in [-0.1, -0.05) is 12.1 Å². The van der Waals surface area contributed by atoms with E-state index in [0.717, 1.165) is 3.79 Å². The fraction of sp³-hybridized carbons (Fsp3) is 0.143. The van der Waals surface area contributed by atoms with Gasteiger partial charge in [-0.2, -0.15) is 0 Å². The number of Topliss-reactive ketones (excluding diaryl/α,β-unsaturated/α-hetero) is 1. The Morgan fingerprint density at radius 3 is 2.85 bits per heavy atom. The molecular weight excluding hydrogens is 342 g/mol. The second kappa shape index (κ2) is 5.38. The number of hydrogen-bond acceptors (Lipinski definition) is 4. The topological polar surface area (TPSA) is 46.6 Å². The highest BCUT2D eigenvalue weighted by Crippen LogP contribution is 2.32. The number of para-hydroxylation sites is 2. The predicted molar refractivity (Wildman–Crippen MR) is 80.6 cm³/mol. The predicted octanol–water partition coefficient (Wildman–Crippen LogP) is 3.12. The van der Waals surface area contributed by atoms with Crippen LogP contribution in [0.5, 0.6) is 5.75 Å². The Balaban J connectivity index is 1.87. The molecule has 1 aliphatic rings. The molecule has 0 saturated heterocycles. The monoisotopic (exact) mass is 351 g/mol. The van der Waals surface area contributed by atoms with E-state index in [0.29, 0.717) is 16.3 Å². The number of carbonyl (C=O) groups is 2. The summed E-state index contributed by atoms with van der Waals surface area (Å²) in [5.41, 5.74) is 0.646. The summed E-state index contributed by atoms with van der Waals surface area (Å²) in [6, 6.07) is 10.8. The van der Waals surface area contributed by atoms with E-state index >= 15 is 0 Å². The van der Waals surface area contributed by atoms with Gasteiger partial charge >= 0.3 is 0 Å². The average Bonchev–Trinajstić information content (AvgIpc) is 2.89. The molecule has 6 heteroatoms. The number of halogens is 1. The van der Waals surface area contributed by atoms with Crippen LogP contribution >= 0.6 is 27.3 Å². The highest BCUT2D eigenvalue weighted by Gasteiger charge is 2.27. The number of rotatable bonds is 3. The van der Waals surface area contributed by atoms with Gasteiger partial charge in [0, 0.05) is 0 Å². The zero-order chi connectivity index (χ0) is 14.1. The van der Waals surface area contributed by atoms with E-state index in [2.05, 4.69) is 15.9 Å². The summed E-state index contributed by atoms with van der Waals surface area (Å²) in [4.78, 5) is 26.3. The molecule has 0 spiro atoms. The number of ether oxygens (including phenoxy) is 1. The quantitative estimate of drug-likeness (QED) is 0.798. The fourth-order valence-electron chi connectivity index (χ4n) is 2.01. The summed E-state index contributed by atoms with van der Waals surface area (Å²) in [7, 11) is 0. The number of amides is 1. The third-order valence-corrected chi connectivity index (χ3v) is 4.62. The number of fused-ring (bicyclic) bond motifs is 1. The molecule has 1 aromatic carbocycles. The lowest BCUT2D eigenvalue weighted by molar-refractivity contribution is -0.121. The van der Waals surface area contributed by atoms with Gasteiger partial charge in [-0.15, -0.1) is 11.3 Å². The van der Waals surface area contributed by atoms with Crippen LogP contribution in [0.25, 0.3) is 0 Å². The molecule has 0 aliphatic carbocycles. The zero-order valence-corrected chi connectivity index (χ0v) is 12.7. The molecule has 0 atom stereocenters. The Kier molecular flexibility index (Phi) is 3.58. The van der Waals surface area contributed by atoms with Crippen molar-refractivity contribution in [3.05, 3.63) is 45.1 Å². The Bertz CT molecular complexity index is 683. The van der Waals surface area contributed by atoms with E-state index in [1.54, 1.807) is 18.2 Å². The number of hydrogen-bond donors (Lipinski definition) is 0. The maximum atomic E-state index is 12.2. The highest BCUT2D eigenvalue weighted by atomic mass is 79.9. The summed E-state index contributed by atoms with van der Waals surface area (Å²) in [6.45, 7) is 0.00455. The van der Waals surface area contributed by atoms with Crippen molar-refractivity contribution >= 4 is 44.6 Å². The molecule has 0 saturated carbocycles.